The third-order valence-electron chi connectivity index (χ3n) is 5.35. The predicted octanol–water partition coefficient (Wildman–Crippen LogP) is 2.13. The second kappa shape index (κ2) is 11.6. The molecule has 33 heavy (non-hydrogen) atoms. The van der Waals surface area contributed by atoms with Crippen molar-refractivity contribution in [3.8, 4) is 0 Å². The number of aliphatic carboxylic acids is 1. The van der Waals surface area contributed by atoms with Crippen LogP contribution in [0.3, 0.4) is 0 Å². The van der Waals surface area contributed by atoms with Crippen LogP contribution >= 0.6 is 11.3 Å². The van der Waals surface area contributed by atoms with E-state index in [4.69, 9.17) is 0 Å². The molecule has 1 aromatic carbocycles. The number of carbonyl (C=O) groups excluding carboxylic acids is 3. The van der Waals surface area contributed by atoms with E-state index in [9.17, 15) is 24.3 Å². The Labute approximate surface area is 218 Å². The van der Waals surface area contributed by atoms with Crippen molar-refractivity contribution in [2.24, 2.45) is 0 Å². The van der Waals surface area contributed by atoms with Gasteiger partial charge in [-0.2, -0.15) is 0 Å². The zero-order valence-electron chi connectivity index (χ0n) is 18.0. The van der Waals surface area contributed by atoms with E-state index < -0.39 is 35.8 Å². The molecule has 3 rings (SSSR count). The van der Waals surface area contributed by atoms with Gasteiger partial charge in [0.2, 0.25) is 0 Å². The van der Waals surface area contributed by atoms with Gasteiger partial charge in [0.1, 0.15) is 0 Å². The first-order valence-corrected chi connectivity index (χ1v) is 10.9. The Morgan fingerprint density at radius 1 is 1.15 bits per heavy atom. The number of likely N-dealkylation sites (N-methyl/N-ethyl adjacent to an activating group) is 1. The third kappa shape index (κ3) is 6.77. The summed E-state index contributed by atoms with van der Waals surface area (Å²) in [5, 5.41) is 14.3. The maximum atomic E-state index is 12.5. The molecular formula is C23H26N3NaO5S. The number of urea groups is 1. The number of hydrogen-bond donors (Lipinski definition) is 3. The zero-order valence-corrected chi connectivity index (χ0v) is 18.9. The van der Waals surface area contributed by atoms with Gasteiger partial charge in [-0.05, 0) is 37.1 Å². The number of thiophene rings is 1. The molecule has 8 nitrogen and oxygen atoms in total. The van der Waals surface area contributed by atoms with E-state index in [1.807, 2.05) is 37.3 Å². The molecule has 2 atom stereocenters. The van der Waals surface area contributed by atoms with Gasteiger partial charge >= 0.3 is 41.6 Å². The number of rotatable bonds is 7. The average Bonchev–Trinajstić information content (AvgIpc) is 3.19. The van der Waals surface area contributed by atoms with E-state index in [0.29, 0.717) is 17.0 Å². The van der Waals surface area contributed by atoms with Gasteiger partial charge in [0.05, 0.1) is 12.5 Å². The zero-order chi connectivity index (χ0) is 23.4. The molecule has 0 radical (unpaired) electrons. The van der Waals surface area contributed by atoms with Crippen molar-refractivity contribution in [2.45, 2.75) is 38.8 Å². The third-order valence-corrected chi connectivity index (χ3v) is 6.55. The van der Waals surface area contributed by atoms with Gasteiger partial charge in [0.15, 0.2) is 11.8 Å². The molecule has 0 saturated heterocycles. The fourth-order valence-electron chi connectivity index (χ4n) is 3.41. The topological polar surface area (TPSA) is 116 Å². The molecule has 2 aromatic rings. The number of amides is 3. The molecule has 0 bridgehead atoms. The molecule has 3 amide bonds. The van der Waals surface area contributed by atoms with Crippen molar-refractivity contribution in [3.63, 3.8) is 0 Å². The summed E-state index contributed by atoms with van der Waals surface area (Å²) in [6.45, 7) is 3.66. The summed E-state index contributed by atoms with van der Waals surface area (Å²) in [4.78, 5) is 51.5. The number of carboxylic acid groups (broad SMARTS) is 1. The Balaban J connectivity index is 0.00000385. The quantitative estimate of drug-likeness (QED) is 0.416. The fourth-order valence-corrected chi connectivity index (χ4v) is 4.50. The Morgan fingerprint density at radius 2 is 1.85 bits per heavy atom. The maximum absolute atomic E-state index is 12.5. The molecule has 170 valence electrons. The molecule has 1 unspecified atom stereocenters. The van der Waals surface area contributed by atoms with Crippen molar-refractivity contribution in [3.05, 3.63) is 69.1 Å². The standard InChI is InChI=1S/C23H25N3O5S.Na.H/c1-13-6-4-5-7-15(13)11-16-8-9-19(32-16)17(12-20(28)29)24-23(31)25-21-18(27)10-14(2)26(3)22(21)30;;/h4-10,17,21H,11-12H2,1-3H3,(H,28,29)(H2,24,25,31);;/t17-,21?;;/m0../s1. The van der Waals surface area contributed by atoms with Crippen LogP contribution in [0.5, 0.6) is 0 Å². The van der Waals surface area contributed by atoms with E-state index in [2.05, 4.69) is 10.6 Å². The molecule has 2 heterocycles. The molecule has 0 saturated carbocycles. The van der Waals surface area contributed by atoms with Crippen molar-refractivity contribution in [1.82, 2.24) is 15.5 Å². The predicted molar refractivity (Wildman–Crippen MR) is 127 cm³/mol. The SMILES string of the molecule is CC1=CC(=O)C(NC(=O)N[C@@H](CC(=O)O)c2ccc(Cc3ccccc3C)s2)C(=O)N1C.[NaH]. The van der Waals surface area contributed by atoms with Crippen molar-refractivity contribution in [1.29, 1.82) is 0 Å². The molecule has 3 N–H and O–H groups in total. The normalized spacial score (nSPS) is 16.5. The molecule has 1 aliphatic heterocycles. The number of nitrogens with one attached hydrogen (secondary N) is 2. The summed E-state index contributed by atoms with van der Waals surface area (Å²) >= 11 is 1.42. The number of nitrogens with zero attached hydrogens (tertiary/aromatic N) is 1. The Kier molecular flexibility index (Phi) is 9.42. The van der Waals surface area contributed by atoms with Gasteiger partial charge in [-0.15, -0.1) is 11.3 Å². The van der Waals surface area contributed by atoms with Crippen LogP contribution < -0.4 is 10.6 Å². The van der Waals surface area contributed by atoms with Gasteiger partial charge in [0, 0.05) is 35.0 Å². The number of carboxylic acids is 1. The van der Waals surface area contributed by atoms with Gasteiger partial charge in [-0.1, -0.05) is 24.3 Å². The number of ketones is 1. The molecule has 0 aliphatic carbocycles. The van der Waals surface area contributed by atoms with Crippen molar-refractivity contribution >= 4 is 64.6 Å². The van der Waals surface area contributed by atoms with Crippen LogP contribution in [-0.4, -0.2) is 76.3 Å². The number of aryl methyl sites for hydroxylation is 1. The summed E-state index contributed by atoms with van der Waals surface area (Å²) < 4.78 is 0. The van der Waals surface area contributed by atoms with E-state index >= 15 is 0 Å². The summed E-state index contributed by atoms with van der Waals surface area (Å²) in [5.41, 5.74) is 2.82. The van der Waals surface area contributed by atoms with Crippen LogP contribution in [0.1, 0.15) is 40.3 Å². The number of hydrogen-bond acceptors (Lipinski definition) is 5. The first-order valence-electron chi connectivity index (χ1n) is 10.1. The Morgan fingerprint density at radius 3 is 2.52 bits per heavy atom. The van der Waals surface area contributed by atoms with Gasteiger partial charge in [-0.3, -0.25) is 14.4 Å². The Bertz CT molecular complexity index is 1100. The first-order chi connectivity index (χ1) is 15.2. The molecule has 0 fully saturated rings. The number of benzene rings is 1. The van der Waals surface area contributed by atoms with Gasteiger partial charge in [0.25, 0.3) is 5.91 Å². The van der Waals surface area contributed by atoms with E-state index in [-0.39, 0.29) is 36.0 Å². The van der Waals surface area contributed by atoms with Crippen LogP contribution in [0.4, 0.5) is 4.79 Å². The summed E-state index contributed by atoms with van der Waals surface area (Å²) in [6.07, 6.45) is 1.66. The van der Waals surface area contributed by atoms with Gasteiger partial charge < -0.3 is 20.6 Å². The molecule has 1 aromatic heterocycles. The average molecular weight is 480 g/mol. The minimum atomic E-state index is -1.34. The molecule has 1 aliphatic rings. The summed E-state index contributed by atoms with van der Waals surface area (Å²) in [7, 11) is 1.52. The monoisotopic (exact) mass is 479 g/mol. The second-order valence-corrected chi connectivity index (χ2v) is 8.89. The van der Waals surface area contributed by atoms with Crippen LogP contribution in [0.15, 0.2) is 48.2 Å². The fraction of sp³-hybridized carbons (Fsp3) is 0.304. The van der Waals surface area contributed by atoms with Crippen LogP contribution in [-0.2, 0) is 20.8 Å². The van der Waals surface area contributed by atoms with E-state index in [0.717, 1.165) is 10.4 Å². The number of allylic oxidation sites excluding steroid dienone is 1. The second-order valence-electron chi connectivity index (χ2n) is 7.69. The van der Waals surface area contributed by atoms with Crippen LogP contribution in [0, 0.1) is 6.92 Å². The molecular weight excluding hydrogens is 453 g/mol. The van der Waals surface area contributed by atoms with Crippen molar-refractivity contribution < 1.29 is 24.3 Å². The van der Waals surface area contributed by atoms with E-state index in [1.165, 1.54) is 34.9 Å². The van der Waals surface area contributed by atoms with Gasteiger partial charge in [-0.25, -0.2) is 4.79 Å². The molecule has 0 spiro atoms. The Hall–Kier alpha value is -2.46. The van der Waals surface area contributed by atoms with E-state index in [1.54, 1.807) is 13.0 Å². The van der Waals surface area contributed by atoms with Crippen molar-refractivity contribution in [2.75, 3.05) is 7.05 Å². The summed E-state index contributed by atoms with van der Waals surface area (Å²) in [6, 6.07) is 8.81. The molecule has 10 heteroatoms. The minimum absolute atomic E-state index is 0. The first kappa shape index (κ1) is 26.8. The van der Waals surface area contributed by atoms with Crippen LogP contribution in [0.2, 0.25) is 0 Å². The number of carbonyl (C=O) groups is 4. The summed E-state index contributed by atoms with van der Waals surface area (Å²) in [5.74, 6) is -2.14. The van der Waals surface area contributed by atoms with Crippen LogP contribution in [0.25, 0.3) is 0 Å².